The fourth-order valence-corrected chi connectivity index (χ4v) is 1.16. The number of nitro groups is 1. The summed E-state index contributed by atoms with van der Waals surface area (Å²) in [6.45, 7) is 1.15. The zero-order chi connectivity index (χ0) is 12.3. The van der Waals surface area contributed by atoms with E-state index in [9.17, 15) is 23.3 Å². The molecule has 0 saturated carbocycles. The van der Waals surface area contributed by atoms with Crippen molar-refractivity contribution in [1.29, 1.82) is 0 Å². The summed E-state index contributed by atoms with van der Waals surface area (Å²) in [5.41, 5.74) is -1.42. The standard InChI is InChI=1S/C10H8F3NO2/c1-7(14(15)16)6-8-4-2-3-5-9(8)10(11,12)13/h2-6H,1H3/b7-6+. The van der Waals surface area contributed by atoms with Gasteiger partial charge in [-0.15, -0.1) is 0 Å². The molecular weight excluding hydrogens is 223 g/mol. The van der Waals surface area contributed by atoms with Gasteiger partial charge in [0.05, 0.1) is 10.5 Å². The van der Waals surface area contributed by atoms with E-state index in [1.54, 1.807) is 0 Å². The number of halogens is 3. The van der Waals surface area contributed by atoms with Crippen LogP contribution in [0.4, 0.5) is 13.2 Å². The van der Waals surface area contributed by atoms with E-state index in [2.05, 4.69) is 0 Å². The zero-order valence-electron chi connectivity index (χ0n) is 8.28. The number of benzene rings is 1. The molecular formula is C10H8F3NO2. The minimum atomic E-state index is -4.51. The third-order valence-electron chi connectivity index (χ3n) is 1.92. The number of rotatable bonds is 2. The minimum Gasteiger partial charge on any atom is -0.259 e. The van der Waals surface area contributed by atoms with E-state index >= 15 is 0 Å². The molecule has 0 aliphatic carbocycles. The quantitative estimate of drug-likeness (QED) is 0.578. The molecule has 6 heteroatoms. The molecule has 0 aromatic heterocycles. The number of allylic oxidation sites excluding steroid dienone is 1. The van der Waals surface area contributed by atoms with Crippen molar-refractivity contribution in [2.45, 2.75) is 13.1 Å². The molecule has 0 radical (unpaired) electrons. The molecule has 0 heterocycles. The number of hydrogen-bond donors (Lipinski definition) is 0. The lowest BCUT2D eigenvalue weighted by atomic mass is 10.1. The van der Waals surface area contributed by atoms with Crippen LogP contribution in [0.2, 0.25) is 0 Å². The second-order valence-electron chi connectivity index (χ2n) is 3.13. The van der Waals surface area contributed by atoms with E-state index in [0.29, 0.717) is 0 Å². The Bertz CT molecular complexity index is 438. The van der Waals surface area contributed by atoms with Crippen molar-refractivity contribution < 1.29 is 18.1 Å². The van der Waals surface area contributed by atoms with Crippen molar-refractivity contribution in [3.8, 4) is 0 Å². The molecule has 0 N–H and O–H groups in total. The van der Waals surface area contributed by atoms with Crippen molar-refractivity contribution in [2.24, 2.45) is 0 Å². The smallest absolute Gasteiger partial charge is 0.259 e. The SMILES string of the molecule is C/C(=C\c1ccccc1C(F)(F)F)[N+](=O)[O-]. The Morgan fingerprint density at radius 1 is 1.38 bits per heavy atom. The Morgan fingerprint density at radius 2 is 1.94 bits per heavy atom. The second kappa shape index (κ2) is 4.34. The number of alkyl halides is 3. The van der Waals surface area contributed by atoms with Gasteiger partial charge in [0.1, 0.15) is 0 Å². The van der Waals surface area contributed by atoms with Crippen LogP contribution < -0.4 is 0 Å². The molecule has 86 valence electrons. The summed E-state index contributed by atoms with van der Waals surface area (Å²) in [4.78, 5) is 9.59. The molecule has 3 nitrogen and oxygen atoms in total. The zero-order valence-corrected chi connectivity index (χ0v) is 8.28. The van der Waals surface area contributed by atoms with E-state index in [1.165, 1.54) is 18.2 Å². The molecule has 1 aromatic rings. The van der Waals surface area contributed by atoms with E-state index in [1.807, 2.05) is 0 Å². The largest absolute Gasteiger partial charge is 0.416 e. The topological polar surface area (TPSA) is 43.1 Å². The van der Waals surface area contributed by atoms with E-state index in [-0.39, 0.29) is 11.3 Å². The number of nitrogens with zero attached hydrogens (tertiary/aromatic N) is 1. The Hall–Kier alpha value is -1.85. The van der Waals surface area contributed by atoms with Crippen LogP contribution in [-0.4, -0.2) is 4.92 Å². The van der Waals surface area contributed by atoms with Gasteiger partial charge in [-0.3, -0.25) is 10.1 Å². The van der Waals surface area contributed by atoms with Crippen LogP contribution in [0, 0.1) is 10.1 Å². The highest BCUT2D eigenvalue weighted by Gasteiger charge is 2.32. The molecule has 0 spiro atoms. The fraction of sp³-hybridized carbons (Fsp3) is 0.200. The highest BCUT2D eigenvalue weighted by atomic mass is 19.4. The van der Waals surface area contributed by atoms with Crippen LogP contribution in [-0.2, 0) is 6.18 Å². The lowest BCUT2D eigenvalue weighted by molar-refractivity contribution is -0.422. The first-order valence-corrected chi connectivity index (χ1v) is 4.31. The predicted octanol–water partition coefficient (Wildman–Crippen LogP) is 3.34. The molecule has 0 saturated heterocycles. The normalized spacial score (nSPS) is 12.6. The maximum atomic E-state index is 12.5. The van der Waals surface area contributed by atoms with Gasteiger partial charge in [0.15, 0.2) is 0 Å². The van der Waals surface area contributed by atoms with Crippen LogP contribution in [0.3, 0.4) is 0 Å². The third kappa shape index (κ3) is 2.82. The summed E-state index contributed by atoms with van der Waals surface area (Å²) in [5, 5.41) is 10.3. The minimum absolute atomic E-state index is 0.204. The van der Waals surface area contributed by atoms with Crippen molar-refractivity contribution in [3.05, 3.63) is 51.2 Å². The van der Waals surface area contributed by atoms with Crippen LogP contribution in [0.1, 0.15) is 18.1 Å². The van der Waals surface area contributed by atoms with Crippen molar-refractivity contribution in [1.82, 2.24) is 0 Å². The van der Waals surface area contributed by atoms with Gasteiger partial charge in [0.2, 0.25) is 5.70 Å². The Morgan fingerprint density at radius 3 is 2.44 bits per heavy atom. The summed E-state index contributed by atoms with van der Waals surface area (Å²) in [6, 6.07) is 4.71. The highest BCUT2D eigenvalue weighted by Crippen LogP contribution is 2.32. The predicted molar refractivity (Wildman–Crippen MR) is 52.1 cm³/mol. The van der Waals surface area contributed by atoms with Crippen LogP contribution in [0.25, 0.3) is 6.08 Å². The molecule has 0 unspecified atom stereocenters. The first-order valence-electron chi connectivity index (χ1n) is 4.31. The molecule has 0 aliphatic rings. The van der Waals surface area contributed by atoms with Gasteiger partial charge in [0.25, 0.3) is 0 Å². The van der Waals surface area contributed by atoms with Gasteiger partial charge >= 0.3 is 6.18 Å². The summed E-state index contributed by atoms with van der Waals surface area (Å²) in [7, 11) is 0. The third-order valence-corrected chi connectivity index (χ3v) is 1.92. The van der Waals surface area contributed by atoms with E-state index in [4.69, 9.17) is 0 Å². The van der Waals surface area contributed by atoms with Crippen molar-refractivity contribution in [2.75, 3.05) is 0 Å². The average molecular weight is 231 g/mol. The highest BCUT2D eigenvalue weighted by molar-refractivity contribution is 5.55. The van der Waals surface area contributed by atoms with E-state index in [0.717, 1.165) is 19.1 Å². The Labute approximate surface area is 89.4 Å². The van der Waals surface area contributed by atoms with Gasteiger partial charge in [-0.05, 0) is 11.6 Å². The Balaban J connectivity index is 3.25. The van der Waals surface area contributed by atoms with Crippen LogP contribution in [0.5, 0.6) is 0 Å². The second-order valence-corrected chi connectivity index (χ2v) is 3.13. The van der Waals surface area contributed by atoms with Gasteiger partial charge in [0, 0.05) is 13.0 Å². The molecule has 16 heavy (non-hydrogen) atoms. The Kier molecular flexibility index (Phi) is 3.31. The van der Waals surface area contributed by atoms with Gasteiger partial charge in [-0.1, -0.05) is 18.2 Å². The van der Waals surface area contributed by atoms with Crippen molar-refractivity contribution in [3.63, 3.8) is 0 Å². The van der Waals surface area contributed by atoms with Crippen LogP contribution in [0.15, 0.2) is 30.0 Å². The molecule has 0 bridgehead atoms. The molecule has 0 fully saturated rings. The summed E-state index contributed by atoms with van der Waals surface area (Å²) in [5.74, 6) is 0. The molecule has 0 atom stereocenters. The maximum absolute atomic E-state index is 12.5. The first-order chi connectivity index (χ1) is 7.32. The number of hydrogen-bond acceptors (Lipinski definition) is 2. The monoisotopic (exact) mass is 231 g/mol. The van der Waals surface area contributed by atoms with Gasteiger partial charge in [-0.2, -0.15) is 13.2 Å². The first kappa shape index (κ1) is 12.2. The summed E-state index contributed by atoms with van der Waals surface area (Å²) >= 11 is 0. The van der Waals surface area contributed by atoms with Gasteiger partial charge < -0.3 is 0 Å². The molecule has 1 rings (SSSR count). The molecule has 1 aromatic carbocycles. The average Bonchev–Trinajstić information content (AvgIpc) is 2.16. The van der Waals surface area contributed by atoms with Gasteiger partial charge in [-0.25, -0.2) is 0 Å². The van der Waals surface area contributed by atoms with E-state index < -0.39 is 16.7 Å². The molecule has 0 amide bonds. The molecule has 0 aliphatic heterocycles. The maximum Gasteiger partial charge on any atom is 0.416 e. The summed E-state index contributed by atoms with van der Waals surface area (Å²) < 4.78 is 37.5. The van der Waals surface area contributed by atoms with Crippen molar-refractivity contribution >= 4 is 6.08 Å². The fourth-order valence-electron chi connectivity index (χ4n) is 1.16. The van der Waals surface area contributed by atoms with Crippen LogP contribution >= 0.6 is 0 Å². The lowest BCUT2D eigenvalue weighted by Gasteiger charge is -2.09. The lowest BCUT2D eigenvalue weighted by Crippen LogP contribution is -2.07. The summed E-state index contributed by atoms with van der Waals surface area (Å²) in [6.07, 6.45) is -3.60.